The zero-order chi connectivity index (χ0) is 16.2. The molecule has 1 saturated heterocycles. The topological polar surface area (TPSA) is 51.0 Å². The molecular formula is C18H30N4O. The van der Waals surface area contributed by atoms with E-state index in [4.69, 9.17) is 0 Å². The molecule has 1 saturated carbocycles. The van der Waals surface area contributed by atoms with Crippen LogP contribution >= 0.6 is 0 Å². The van der Waals surface area contributed by atoms with Gasteiger partial charge in [0.2, 0.25) is 0 Å². The Morgan fingerprint density at radius 3 is 2.74 bits per heavy atom. The van der Waals surface area contributed by atoms with E-state index in [1.165, 1.54) is 32.1 Å². The van der Waals surface area contributed by atoms with Gasteiger partial charge in [-0.3, -0.25) is 9.48 Å². The van der Waals surface area contributed by atoms with E-state index in [2.05, 4.69) is 29.1 Å². The molecule has 5 nitrogen and oxygen atoms in total. The number of carbonyl (C=O) groups excluding carboxylic acids is 1. The van der Waals surface area contributed by atoms with Crippen LogP contribution in [0.4, 0.5) is 0 Å². The Morgan fingerprint density at radius 1 is 1.22 bits per heavy atom. The summed E-state index contributed by atoms with van der Waals surface area (Å²) in [5.74, 6) is 1.42. The van der Waals surface area contributed by atoms with Crippen LogP contribution in [0.15, 0.2) is 6.20 Å². The third-order valence-corrected chi connectivity index (χ3v) is 5.45. The lowest BCUT2D eigenvalue weighted by Gasteiger charge is -2.33. The first-order valence-corrected chi connectivity index (χ1v) is 9.36. The fourth-order valence-corrected chi connectivity index (χ4v) is 4.10. The van der Waals surface area contributed by atoms with Gasteiger partial charge < -0.3 is 4.90 Å². The molecule has 0 radical (unpaired) electrons. The van der Waals surface area contributed by atoms with E-state index < -0.39 is 0 Å². The van der Waals surface area contributed by atoms with Crippen LogP contribution in [0.3, 0.4) is 0 Å². The molecule has 1 aliphatic carbocycles. The van der Waals surface area contributed by atoms with E-state index in [0.29, 0.717) is 23.6 Å². The Kier molecular flexibility index (Phi) is 5.34. The number of amides is 1. The molecule has 0 bridgehead atoms. The van der Waals surface area contributed by atoms with Crippen LogP contribution in [0, 0.1) is 11.8 Å². The van der Waals surface area contributed by atoms with Crippen molar-refractivity contribution >= 4 is 5.91 Å². The van der Waals surface area contributed by atoms with E-state index in [9.17, 15) is 4.79 Å². The average molecular weight is 318 g/mol. The van der Waals surface area contributed by atoms with Crippen molar-refractivity contribution in [1.29, 1.82) is 0 Å². The summed E-state index contributed by atoms with van der Waals surface area (Å²) >= 11 is 0. The molecule has 1 aromatic heterocycles. The zero-order valence-corrected chi connectivity index (χ0v) is 14.6. The average Bonchev–Trinajstić information content (AvgIpc) is 3.22. The SMILES string of the molecule is CC(C)CCn1cc(C(=O)N2CCCC2C2CCCCC2)nn1. The van der Waals surface area contributed by atoms with Crippen molar-refractivity contribution in [3.8, 4) is 0 Å². The van der Waals surface area contributed by atoms with E-state index in [1.54, 1.807) is 0 Å². The summed E-state index contributed by atoms with van der Waals surface area (Å²) in [5, 5.41) is 8.28. The first-order chi connectivity index (χ1) is 11.1. The first-order valence-electron chi connectivity index (χ1n) is 9.36. The largest absolute Gasteiger partial charge is 0.334 e. The van der Waals surface area contributed by atoms with Gasteiger partial charge >= 0.3 is 0 Å². The highest BCUT2D eigenvalue weighted by molar-refractivity contribution is 5.92. The second-order valence-corrected chi connectivity index (χ2v) is 7.66. The minimum Gasteiger partial charge on any atom is -0.334 e. The monoisotopic (exact) mass is 318 g/mol. The fraction of sp³-hybridized carbons (Fsp3) is 0.833. The van der Waals surface area contributed by atoms with Crippen LogP contribution in [-0.2, 0) is 6.54 Å². The molecule has 0 spiro atoms. The predicted molar refractivity (Wildman–Crippen MR) is 90.1 cm³/mol. The Balaban J connectivity index is 1.64. The molecule has 0 aromatic carbocycles. The number of aryl methyl sites for hydroxylation is 1. The highest BCUT2D eigenvalue weighted by Crippen LogP contribution is 2.34. The maximum Gasteiger partial charge on any atom is 0.276 e. The van der Waals surface area contributed by atoms with Crippen molar-refractivity contribution in [2.45, 2.75) is 77.8 Å². The van der Waals surface area contributed by atoms with Crippen LogP contribution < -0.4 is 0 Å². The number of hydrogen-bond donors (Lipinski definition) is 0. The summed E-state index contributed by atoms with van der Waals surface area (Å²) in [4.78, 5) is 15.0. The normalized spacial score (nSPS) is 22.9. The number of likely N-dealkylation sites (tertiary alicyclic amines) is 1. The first kappa shape index (κ1) is 16.5. The Morgan fingerprint density at radius 2 is 2.00 bits per heavy atom. The van der Waals surface area contributed by atoms with Crippen LogP contribution in [-0.4, -0.2) is 38.4 Å². The molecule has 128 valence electrons. The third-order valence-electron chi connectivity index (χ3n) is 5.45. The molecule has 23 heavy (non-hydrogen) atoms. The van der Waals surface area contributed by atoms with Gasteiger partial charge in [-0.1, -0.05) is 38.3 Å². The van der Waals surface area contributed by atoms with Crippen LogP contribution in [0.2, 0.25) is 0 Å². The van der Waals surface area contributed by atoms with Crippen molar-refractivity contribution in [1.82, 2.24) is 19.9 Å². The standard InChI is InChI=1S/C18H30N4O/c1-14(2)10-12-21-13-16(19-20-21)18(23)22-11-6-9-17(22)15-7-4-3-5-8-15/h13-15,17H,3-12H2,1-2H3. The summed E-state index contributed by atoms with van der Waals surface area (Å²) in [6, 6.07) is 0.434. The lowest BCUT2D eigenvalue weighted by molar-refractivity contribution is 0.0655. The second kappa shape index (κ2) is 7.45. The van der Waals surface area contributed by atoms with Crippen LogP contribution in [0.25, 0.3) is 0 Å². The Bertz CT molecular complexity index is 519. The van der Waals surface area contributed by atoms with E-state index >= 15 is 0 Å². The highest BCUT2D eigenvalue weighted by atomic mass is 16.2. The van der Waals surface area contributed by atoms with Crippen LogP contribution in [0.5, 0.6) is 0 Å². The molecule has 0 N–H and O–H groups in total. The van der Waals surface area contributed by atoms with Crippen molar-refractivity contribution in [3.05, 3.63) is 11.9 Å². The lowest BCUT2D eigenvalue weighted by Crippen LogP contribution is -2.41. The fourth-order valence-electron chi connectivity index (χ4n) is 4.10. The number of rotatable bonds is 5. The number of carbonyl (C=O) groups is 1. The summed E-state index contributed by atoms with van der Waals surface area (Å²) in [7, 11) is 0. The predicted octanol–water partition coefficient (Wildman–Crippen LogP) is 3.51. The van der Waals surface area contributed by atoms with Gasteiger partial charge in [-0.2, -0.15) is 0 Å². The molecule has 1 amide bonds. The van der Waals surface area contributed by atoms with Gasteiger partial charge in [0.05, 0.1) is 6.20 Å². The Labute approximate surface area is 139 Å². The molecule has 1 aromatic rings. The van der Waals surface area contributed by atoms with Gasteiger partial charge in [-0.15, -0.1) is 5.10 Å². The molecule has 3 rings (SSSR count). The second-order valence-electron chi connectivity index (χ2n) is 7.66. The Hall–Kier alpha value is -1.39. The van der Waals surface area contributed by atoms with Gasteiger partial charge in [0.1, 0.15) is 0 Å². The van der Waals surface area contributed by atoms with Crippen molar-refractivity contribution in [3.63, 3.8) is 0 Å². The summed E-state index contributed by atoms with van der Waals surface area (Å²) in [6.45, 7) is 6.12. The summed E-state index contributed by atoms with van der Waals surface area (Å²) < 4.78 is 1.82. The summed E-state index contributed by atoms with van der Waals surface area (Å²) in [5.41, 5.74) is 0.525. The molecule has 1 unspecified atom stereocenters. The number of nitrogens with zero attached hydrogens (tertiary/aromatic N) is 4. The van der Waals surface area contributed by atoms with E-state index in [0.717, 1.165) is 32.4 Å². The van der Waals surface area contributed by atoms with Gasteiger partial charge in [0, 0.05) is 19.1 Å². The van der Waals surface area contributed by atoms with Gasteiger partial charge in [0.15, 0.2) is 5.69 Å². The van der Waals surface area contributed by atoms with E-state index in [-0.39, 0.29) is 5.91 Å². The van der Waals surface area contributed by atoms with Crippen molar-refractivity contribution in [2.24, 2.45) is 11.8 Å². The smallest absolute Gasteiger partial charge is 0.276 e. The minimum absolute atomic E-state index is 0.0915. The molecule has 2 aliphatic rings. The van der Waals surface area contributed by atoms with E-state index in [1.807, 2.05) is 10.9 Å². The third kappa shape index (κ3) is 3.93. The highest BCUT2D eigenvalue weighted by Gasteiger charge is 2.36. The van der Waals surface area contributed by atoms with Gasteiger partial charge in [-0.05, 0) is 43.9 Å². The molecule has 2 heterocycles. The number of hydrogen-bond acceptors (Lipinski definition) is 3. The lowest BCUT2D eigenvalue weighted by atomic mass is 9.83. The maximum absolute atomic E-state index is 12.9. The van der Waals surface area contributed by atoms with Crippen molar-refractivity contribution < 1.29 is 4.79 Å². The molecule has 1 atom stereocenters. The molecule has 2 fully saturated rings. The van der Waals surface area contributed by atoms with Crippen LogP contribution in [0.1, 0.15) is 75.7 Å². The molecule has 1 aliphatic heterocycles. The zero-order valence-electron chi connectivity index (χ0n) is 14.6. The number of aromatic nitrogens is 3. The molecule has 5 heteroatoms. The van der Waals surface area contributed by atoms with Gasteiger partial charge in [0.25, 0.3) is 5.91 Å². The molecular weight excluding hydrogens is 288 g/mol. The van der Waals surface area contributed by atoms with Gasteiger partial charge in [-0.25, -0.2) is 0 Å². The van der Waals surface area contributed by atoms with Crippen molar-refractivity contribution in [2.75, 3.05) is 6.54 Å². The maximum atomic E-state index is 12.9. The minimum atomic E-state index is 0.0915. The summed E-state index contributed by atoms with van der Waals surface area (Å²) in [6.07, 6.45) is 11.8. The quantitative estimate of drug-likeness (QED) is 0.835.